The Bertz CT molecular complexity index is 416. The first-order valence-electron chi connectivity index (χ1n) is 6.49. The fraction of sp³-hybridized carbons (Fsp3) is 0.750. The van der Waals surface area contributed by atoms with Gasteiger partial charge in [0.15, 0.2) is 12.2 Å². The van der Waals surface area contributed by atoms with Gasteiger partial charge in [0.05, 0.1) is 3.92 Å². The highest BCUT2D eigenvalue weighted by Gasteiger charge is 2.47. The SMILES string of the molecule is B[C@H]1O[C@H](COC(C)=O)[C@H](OC(C)=O)[C@H](OC(C)=O)C1I. The number of ether oxygens (including phenoxy) is 4. The van der Waals surface area contributed by atoms with Crippen LogP contribution in [0.15, 0.2) is 0 Å². The number of hydrogen-bond acceptors (Lipinski definition) is 7. The molecule has 21 heavy (non-hydrogen) atoms. The number of halogens is 1. The number of alkyl halides is 1. The largest absolute Gasteiger partial charge is 0.463 e. The van der Waals surface area contributed by atoms with Gasteiger partial charge in [-0.2, -0.15) is 0 Å². The van der Waals surface area contributed by atoms with Gasteiger partial charge in [0, 0.05) is 26.8 Å². The number of esters is 3. The lowest BCUT2D eigenvalue weighted by Gasteiger charge is -2.42. The van der Waals surface area contributed by atoms with E-state index in [1.807, 2.05) is 7.85 Å². The molecule has 118 valence electrons. The molecule has 1 aliphatic rings. The van der Waals surface area contributed by atoms with Crippen LogP contribution in [0.25, 0.3) is 0 Å². The summed E-state index contributed by atoms with van der Waals surface area (Å²) in [6.07, 6.45) is -2.15. The Kier molecular flexibility index (Phi) is 6.91. The Morgan fingerprint density at radius 2 is 1.57 bits per heavy atom. The molecule has 0 N–H and O–H groups in total. The van der Waals surface area contributed by atoms with Crippen LogP contribution in [0.4, 0.5) is 0 Å². The van der Waals surface area contributed by atoms with Crippen molar-refractivity contribution in [1.82, 2.24) is 0 Å². The van der Waals surface area contributed by atoms with Gasteiger partial charge in [-0.05, 0) is 0 Å². The summed E-state index contributed by atoms with van der Waals surface area (Å²) in [4.78, 5) is 33.5. The molecular formula is C12H18BIO7. The summed E-state index contributed by atoms with van der Waals surface area (Å²) < 4.78 is 21.0. The van der Waals surface area contributed by atoms with E-state index < -0.39 is 36.2 Å². The van der Waals surface area contributed by atoms with Crippen LogP contribution >= 0.6 is 22.6 Å². The molecule has 1 aliphatic heterocycles. The van der Waals surface area contributed by atoms with Crippen LogP contribution in [-0.4, -0.2) is 60.6 Å². The van der Waals surface area contributed by atoms with Crippen LogP contribution in [-0.2, 0) is 33.3 Å². The zero-order valence-electron chi connectivity index (χ0n) is 12.3. The van der Waals surface area contributed by atoms with Crippen LogP contribution in [0, 0.1) is 0 Å². The van der Waals surface area contributed by atoms with Crippen molar-refractivity contribution in [3.63, 3.8) is 0 Å². The molecule has 0 bridgehead atoms. The zero-order valence-corrected chi connectivity index (χ0v) is 14.5. The molecule has 0 aromatic carbocycles. The highest BCUT2D eigenvalue weighted by molar-refractivity contribution is 14.1. The van der Waals surface area contributed by atoms with Crippen molar-refractivity contribution >= 4 is 48.3 Å². The molecule has 0 saturated carbocycles. The van der Waals surface area contributed by atoms with Crippen LogP contribution in [0.2, 0.25) is 0 Å². The van der Waals surface area contributed by atoms with Gasteiger partial charge in [0.2, 0.25) is 0 Å². The quantitative estimate of drug-likeness (QED) is 0.204. The maximum atomic E-state index is 11.3. The number of carbonyl (C=O) groups excluding carboxylic acids is 3. The van der Waals surface area contributed by atoms with Gasteiger partial charge in [-0.3, -0.25) is 14.4 Å². The monoisotopic (exact) mass is 412 g/mol. The van der Waals surface area contributed by atoms with Crippen LogP contribution in [0.5, 0.6) is 0 Å². The van der Waals surface area contributed by atoms with Crippen molar-refractivity contribution in [3.05, 3.63) is 0 Å². The van der Waals surface area contributed by atoms with E-state index in [1.165, 1.54) is 20.8 Å². The molecule has 0 aromatic heterocycles. The van der Waals surface area contributed by atoms with E-state index >= 15 is 0 Å². The summed E-state index contributed by atoms with van der Waals surface area (Å²) in [6, 6.07) is -0.248. The topological polar surface area (TPSA) is 88.1 Å². The molecule has 5 atom stereocenters. The van der Waals surface area contributed by atoms with Gasteiger partial charge in [0.1, 0.15) is 20.6 Å². The van der Waals surface area contributed by atoms with E-state index in [2.05, 4.69) is 22.6 Å². The van der Waals surface area contributed by atoms with Crippen molar-refractivity contribution in [1.29, 1.82) is 0 Å². The van der Waals surface area contributed by atoms with Gasteiger partial charge in [-0.25, -0.2) is 0 Å². The lowest BCUT2D eigenvalue weighted by atomic mass is 9.87. The molecular weight excluding hydrogens is 394 g/mol. The summed E-state index contributed by atoms with van der Waals surface area (Å²) in [5.74, 6) is -1.46. The minimum absolute atomic E-state index is 0.0707. The molecule has 9 heteroatoms. The molecule has 0 radical (unpaired) electrons. The van der Waals surface area contributed by atoms with Crippen LogP contribution < -0.4 is 0 Å². The van der Waals surface area contributed by atoms with Crippen LogP contribution in [0.3, 0.4) is 0 Å². The third-order valence-corrected chi connectivity index (χ3v) is 4.62. The predicted octanol–water partition coefficient (Wildman–Crippen LogP) is -0.426. The Balaban J connectivity index is 2.94. The first kappa shape index (κ1) is 18.2. The third-order valence-electron chi connectivity index (χ3n) is 2.90. The molecule has 7 nitrogen and oxygen atoms in total. The van der Waals surface area contributed by atoms with E-state index in [-0.39, 0.29) is 16.5 Å². The smallest absolute Gasteiger partial charge is 0.303 e. The van der Waals surface area contributed by atoms with Crippen molar-refractivity contribution < 1.29 is 33.3 Å². The Hall–Kier alpha value is -0.835. The highest BCUT2D eigenvalue weighted by Crippen LogP contribution is 2.30. The van der Waals surface area contributed by atoms with E-state index in [0.29, 0.717) is 0 Å². The predicted molar refractivity (Wildman–Crippen MR) is 82.8 cm³/mol. The molecule has 0 amide bonds. The molecule has 1 fully saturated rings. The maximum Gasteiger partial charge on any atom is 0.303 e. The van der Waals surface area contributed by atoms with E-state index in [1.54, 1.807) is 0 Å². The summed E-state index contributed by atoms with van der Waals surface area (Å²) in [5, 5.41) is 0. The number of hydrogen-bond donors (Lipinski definition) is 0. The fourth-order valence-corrected chi connectivity index (χ4v) is 2.81. The van der Waals surface area contributed by atoms with Crippen molar-refractivity contribution in [2.45, 2.75) is 49.0 Å². The Morgan fingerprint density at radius 1 is 1.05 bits per heavy atom. The molecule has 0 spiro atoms. The standard InChI is InChI=1S/C12H18BIO7/c1-5(15)18-4-8-10(19-6(2)16)11(20-7(3)17)9(14)12(13)21-8/h8-12H,4,13H2,1-3H3/t8-,9?,10+,11-,12+/m1/s1. The first-order valence-corrected chi connectivity index (χ1v) is 7.74. The molecule has 1 rings (SSSR count). The normalized spacial score (nSPS) is 32.1. The average Bonchev–Trinajstić information content (AvgIpc) is 2.35. The minimum Gasteiger partial charge on any atom is -0.463 e. The summed E-state index contributed by atoms with van der Waals surface area (Å²) in [5.41, 5.74) is 0. The van der Waals surface area contributed by atoms with Gasteiger partial charge in [0.25, 0.3) is 0 Å². The Morgan fingerprint density at radius 3 is 2.05 bits per heavy atom. The van der Waals surface area contributed by atoms with Gasteiger partial charge in [-0.15, -0.1) is 0 Å². The second kappa shape index (κ2) is 7.97. The highest BCUT2D eigenvalue weighted by atomic mass is 127. The maximum absolute atomic E-state index is 11.3. The summed E-state index contributed by atoms with van der Waals surface area (Å²) in [6.45, 7) is 3.75. The lowest BCUT2D eigenvalue weighted by Crippen LogP contribution is -2.59. The molecule has 1 heterocycles. The van der Waals surface area contributed by atoms with Crippen molar-refractivity contribution in [3.8, 4) is 0 Å². The number of carbonyl (C=O) groups is 3. The first-order chi connectivity index (χ1) is 9.72. The average molecular weight is 412 g/mol. The second-order valence-corrected chi connectivity index (χ2v) is 6.21. The van der Waals surface area contributed by atoms with Crippen LogP contribution in [0.1, 0.15) is 20.8 Å². The van der Waals surface area contributed by atoms with Crippen molar-refractivity contribution in [2.75, 3.05) is 6.61 Å². The number of rotatable bonds is 4. The van der Waals surface area contributed by atoms with Gasteiger partial charge in [-0.1, -0.05) is 22.6 Å². The second-order valence-electron chi connectivity index (χ2n) is 4.77. The fourth-order valence-electron chi connectivity index (χ4n) is 2.08. The Labute approximate surface area is 137 Å². The minimum atomic E-state index is -0.816. The molecule has 1 saturated heterocycles. The molecule has 0 aromatic rings. The lowest BCUT2D eigenvalue weighted by molar-refractivity contribution is -0.202. The van der Waals surface area contributed by atoms with E-state index in [9.17, 15) is 14.4 Å². The van der Waals surface area contributed by atoms with E-state index in [0.717, 1.165) is 0 Å². The molecule has 1 unspecified atom stereocenters. The molecule has 0 aliphatic carbocycles. The van der Waals surface area contributed by atoms with Gasteiger partial charge < -0.3 is 18.9 Å². The van der Waals surface area contributed by atoms with Gasteiger partial charge >= 0.3 is 17.9 Å². The summed E-state index contributed by atoms with van der Waals surface area (Å²) >= 11 is 2.09. The van der Waals surface area contributed by atoms with Crippen molar-refractivity contribution in [2.24, 2.45) is 0 Å². The zero-order chi connectivity index (χ0) is 16.2. The third kappa shape index (κ3) is 5.46. The summed E-state index contributed by atoms with van der Waals surface area (Å²) in [7, 11) is 1.82. The van der Waals surface area contributed by atoms with E-state index in [4.69, 9.17) is 18.9 Å².